The average Bonchev–Trinajstić information content (AvgIpc) is 2.79. The van der Waals surface area contributed by atoms with Crippen molar-refractivity contribution in [1.82, 2.24) is 4.90 Å². The molecule has 0 aromatic carbocycles. The fourth-order valence-corrected chi connectivity index (χ4v) is 3.36. The first-order valence-electron chi connectivity index (χ1n) is 12.7. The lowest BCUT2D eigenvalue weighted by atomic mass is 10.1. The fraction of sp³-hybridized carbons (Fsp3) is 0.846. The van der Waals surface area contributed by atoms with E-state index in [1.165, 1.54) is 45.6 Å². The van der Waals surface area contributed by atoms with Crippen LogP contribution in [0.3, 0.4) is 0 Å². The normalized spacial score (nSPS) is 13.5. The molecule has 7 heteroatoms. The summed E-state index contributed by atoms with van der Waals surface area (Å²) >= 11 is 0. The van der Waals surface area contributed by atoms with Gasteiger partial charge in [-0.15, -0.1) is 0 Å². The summed E-state index contributed by atoms with van der Waals surface area (Å²) < 4.78 is 16.0. The van der Waals surface area contributed by atoms with E-state index in [-0.39, 0.29) is 12.0 Å². The van der Waals surface area contributed by atoms with E-state index in [0.717, 1.165) is 25.7 Å². The smallest absolute Gasteiger partial charge is 0.332 e. The van der Waals surface area contributed by atoms with Crippen LogP contribution < -0.4 is 0 Å². The Bertz CT molecular complexity index is 509. The zero-order chi connectivity index (χ0) is 24.7. The topological polar surface area (TPSA) is 85.3 Å². The maximum atomic E-state index is 11.6. The van der Waals surface area contributed by atoms with Crippen LogP contribution in [-0.2, 0) is 23.8 Å². The zero-order valence-electron chi connectivity index (χ0n) is 21.6. The van der Waals surface area contributed by atoms with Crippen LogP contribution in [-0.4, -0.2) is 75.1 Å². The van der Waals surface area contributed by atoms with Gasteiger partial charge in [-0.3, -0.25) is 4.79 Å². The van der Waals surface area contributed by atoms with Crippen molar-refractivity contribution in [3.05, 3.63) is 12.2 Å². The minimum absolute atomic E-state index is 0.0464. The Hall–Kier alpha value is -1.44. The van der Waals surface area contributed by atoms with E-state index in [0.29, 0.717) is 39.1 Å². The molecule has 2 atom stereocenters. The summed E-state index contributed by atoms with van der Waals surface area (Å²) in [6, 6.07) is -0.0464. The summed E-state index contributed by atoms with van der Waals surface area (Å²) in [6.45, 7) is 3.40. The maximum absolute atomic E-state index is 11.6. The Morgan fingerprint density at radius 1 is 0.909 bits per heavy atom. The molecule has 0 saturated carbocycles. The van der Waals surface area contributed by atoms with E-state index in [2.05, 4.69) is 23.8 Å². The van der Waals surface area contributed by atoms with Crippen molar-refractivity contribution in [2.75, 3.05) is 41.0 Å². The van der Waals surface area contributed by atoms with Gasteiger partial charge >= 0.3 is 11.9 Å². The molecule has 0 heterocycles. The van der Waals surface area contributed by atoms with Gasteiger partial charge in [-0.25, -0.2) is 4.79 Å². The molecule has 194 valence electrons. The van der Waals surface area contributed by atoms with Crippen LogP contribution in [0.4, 0.5) is 0 Å². The molecular formula is C26H49NO6. The molecule has 0 amide bonds. The predicted molar refractivity (Wildman–Crippen MR) is 133 cm³/mol. The number of allylic oxidation sites excluding steroid dienone is 2. The number of hydrogen-bond acceptors (Lipinski definition) is 6. The third kappa shape index (κ3) is 19.7. The first-order chi connectivity index (χ1) is 15.9. The third-order valence-corrected chi connectivity index (χ3v) is 5.68. The van der Waals surface area contributed by atoms with Gasteiger partial charge in [-0.05, 0) is 59.0 Å². The second kappa shape index (κ2) is 22.4. The lowest BCUT2D eigenvalue weighted by molar-refractivity contribution is -0.152. The molecule has 1 N–H and O–H groups in total. The standard InChI is InChI=1S/C26H49NO6/c1-5-6-7-8-9-10-11-12-13-14-15-16-18-24(26(29)30)33-22-23(27(2)3)21-32-20-17-19-25(28)31-4/h12-13,23-24H,5-11,14-22H2,1-4H3,(H,29,30). The van der Waals surface area contributed by atoms with E-state index in [9.17, 15) is 14.7 Å². The molecular weight excluding hydrogens is 422 g/mol. The van der Waals surface area contributed by atoms with Gasteiger partial charge in [0.15, 0.2) is 6.10 Å². The fourth-order valence-electron chi connectivity index (χ4n) is 3.36. The number of carbonyl (C=O) groups excluding carboxylic acids is 1. The Kier molecular flexibility index (Phi) is 21.4. The third-order valence-electron chi connectivity index (χ3n) is 5.68. The Balaban J connectivity index is 4.00. The number of ether oxygens (including phenoxy) is 3. The molecule has 0 bridgehead atoms. The largest absolute Gasteiger partial charge is 0.479 e. The number of nitrogens with zero attached hydrogens (tertiary/aromatic N) is 1. The molecule has 0 aromatic rings. The first-order valence-corrected chi connectivity index (χ1v) is 12.7. The van der Waals surface area contributed by atoms with E-state index in [4.69, 9.17) is 9.47 Å². The molecule has 0 spiro atoms. The molecule has 0 rings (SSSR count). The number of carbonyl (C=O) groups is 2. The van der Waals surface area contributed by atoms with E-state index < -0.39 is 12.1 Å². The molecule has 2 unspecified atom stereocenters. The number of aliphatic carboxylic acids is 1. The van der Waals surface area contributed by atoms with Gasteiger partial charge in [0.2, 0.25) is 0 Å². The van der Waals surface area contributed by atoms with Crippen molar-refractivity contribution in [3.8, 4) is 0 Å². The molecule has 0 aliphatic heterocycles. The van der Waals surface area contributed by atoms with Crippen molar-refractivity contribution in [2.45, 2.75) is 103 Å². The summed E-state index contributed by atoms with van der Waals surface area (Å²) in [5, 5.41) is 9.50. The van der Waals surface area contributed by atoms with Crippen LogP contribution in [0.5, 0.6) is 0 Å². The number of methoxy groups -OCH3 is 1. The summed E-state index contributed by atoms with van der Waals surface area (Å²) in [5.74, 6) is -1.16. The van der Waals surface area contributed by atoms with Crippen LogP contribution in [0, 0.1) is 0 Å². The number of unbranched alkanes of at least 4 members (excludes halogenated alkanes) is 8. The van der Waals surface area contributed by atoms with E-state index >= 15 is 0 Å². The van der Waals surface area contributed by atoms with Gasteiger partial charge in [-0.1, -0.05) is 51.2 Å². The SMILES string of the molecule is CCCCCCCCC=CCCCCC(OCC(COCCCC(=O)OC)N(C)C)C(=O)O. The first kappa shape index (κ1) is 31.6. The monoisotopic (exact) mass is 471 g/mol. The Morgan fingerprint density at radius 2 is 1.55 bits per heavy atom. The van der Waals surface area contributed by atoms with Gasteiger partial charge in [0, 0.05) is 13.0 Å². The molecule has 0 aromatic heterocycles. The highest BCUT2D eigenvalue weighted by Gasteiger charge is 2.21. The number of rotatable bonds is 23. The van der Waals surface area contributed by atoms with Gasteiger partial charge in [0.05, 0.1) is 26.4 Å². The molecule has 0 aliphatic carbocycles. The summed E-state index contributed by atoms with van der Waals surface area (Å²) in [4.78, 5) is 24.7. The van der Waals surface area contributed by atoms with Crippen LogP contribution in [0.2, 0.25) is 0 Å². The molecule has 7 nitrogen and oxygen atoms in total. The predicted octanol–water partition coefficient (Wildman–Crippen LogP) is 5.22. The quantitative estimate of drug-likeness (QED) is 0.124. The van der Waals surface area contributed by atoms with Crippen LogP contribution >= 0.6 is 0 Å². The highest BCUT2D eigenvalue weighted by molar-refractivity contribution is 5.72. The van der Waals surface area contributed by atoms with Crippen LogP contribution in [0.15, 0.2) is 12.2 Å². The summed E-state index contributed by atoms with van der Waals surface area (Å²) in [6.07, 6.45) is 17.0. The minimum atomic E-state index is -0.912. The van der Waals surface area contributed by atoms with Crippen molar-refractivity contribution < 1.29 is 28.9 Å². The van der Waals surface area contributed by atoms with Gasteiger partial charge in [-0.2, -0.15) is 0 Å². The van der Waals surface area contributed by atoms with Crippen molar-refractivity contribution in [1.29, 1.82) is 0 Å². The number of carboxylic acid groups (broad SMARTS) is 1. The summed E-state index contributed by atoms with van der Waals surface area (Å²) in [5.41, 5.74) is 0. The number of likely N-dealkylation sites (N-methyl/N-ethyl adjacent to an activating group) is 1. The second-order valence-electron chi connectivity index (χ2n) is 8.84. The Morgan fingerprint density at radius 3 is 2.15 bits per heavy atom. The van der Waals surface area contributed by atoms with Crippen molar-refractivity contribution >= 4 is 11.9 Å². The van der Waals surface area contributed by atoms with Crippen LogP contribution in [0.1, 0.15) is 90.4 Å². The maximum Gasteiger partial charge on any atom is 0.332 e. The number of esters is 1. The molecule has 33 heavy (non-hydrogen) atoms. The summed E-state index contributed by atoms with van der Waals surface area (Å²) in [7, 11) is 5.20. The van der Waals surface area contributed by atoms with E-state index in [1.807, 2.05) is 19.0 Å². The highest BCUT2D eigenvalue weighted by Crippen LogP contribution is 2.11. The van der Waals surface area contributed by atoms with Gasteiger partial charge < -0.3 is 24.2 Å². The average molecular weight is 472 g/mol. The Labute approximate surface area is 201 Å². The minimum Gasteiger partial charge on any atom is -0.479 e. The number of hydrogen-bond donors (Lipinski definition) is 1. The van der Waals surface area contributed by atoms with E-state index in [1.54, 1.807) is 0 Å². The van der Waals surface area contributed by atoms with Gasteiger partial charge in [0.25, 0.3) is 0 Å². The number of carboxylic acids is 1. The molecule has 0 aliphatic rings. The lowest BCUT2D eigenvalue weighted by Crippen LogP contribution is -2.39. The van der Waals surface area contributed by atoms with Gasteiger partial charge in [0.1, 0.15) is 0 Å². The molecule has 0 saturated heterocycles. The lowest BCUT2D eigenvalue weighted by Gasteiger charge is -2.25. The zero-order valence-corrected chi connectivity index (χ0v) is 21.6. The molecule has 0 radical (unpaired) electrons. The second-order valence-corrected chi connectivity index (χ2v) is 8.84. The van der Waals surface area contributed by atoms with Crippen LogP contribution in [0.25, 0.3) is 0 Å². The molecule has 0 fully saturated rings. The highest BCUT2D eigenvalue weighted by atomic mass is 16.5. The van der Waals surface area contributed by atoms with Crippen molar-refractivity contribution in [2.24, 2.45) is 0 Å². The van der Waals surface area contributed by atoms with Crippen molar-refractivity contribution in [3.63, 3.8) is 0 Å².